The molecule has 4 bridgehead atoms. The maximum Gasteiger partial charge on any atom is 0.228 e. The van der Waals surface area contributed by atoms with Gasteiger partial charge in [-0.1, -0.05) is 0 Å². The lowest BCUT2D eigenvalue weighted by Crippen LogP contribution is -2.57. The zero-order valence-electron chi connectivity index (χ0n) is 14.7. The molecule has 4 nitrogen and oxygen atoms in total. The standard InChI is InChI=1S/C19H30N2O2/c1-11(2)21-10-16(9-17(21)22)19(23)20(3)18-14-5-12-4-13(7-14)8-15(18)6-12/h11-16,18H,4-10H2,1-3H3/t12?,13?,14?,15?,16-,18?/m1/s1. The van der Waals surface area contributed by atoms with Crippen molar-refractivity contribution in [1.82, 2.24) is 9.80 Å². The Morgan fingerprint density at radius 3 is 2.13 bits per heavy atom. The average molecular weight is 318 g/mol. The van der Waals surface area contributed by atoms with Crippen LogP contribution in [0.3, 0.4) is 0 Å². The first-order valence-corrected chi connectivity index (χ1v) is 9.50. The Labute approximate surface area is 139 Å². The molecule has 4 heteroatoms. The molecule has 1 aliphatic heterocycles. The van der Waals surface area contributed by atoms with Crippen molar-refractivity contribution in [3.63, 3.8) is 0 Å². The van der Waals surface area contributed by atoms with Gasteiger partial charge in [-0.25, -0.2) is 0 Å². The minimum Gasteiger partial charge on any atom is -0.342 e. The van der Waals surface area contributed by atoms with Gasteiger partial charge in [0.25, 0.3) is 0 Å². The van der Waals surface area contributed by atoms with E-state index in [4.69, 9.17) is 0 Å². The number of hydrogen-bond donors (Lipinski definition) is 0. The summed E-state index contributed by atoms with van der Waals surface area (Å²) < 4.78 is 0. The minimum atomic E-state index is -0.118. The second-order valence-electron chi connectivity index (χ2n) is 8.91. The molecule has 0 unspecified atom stereocenters. The molecule has 23 heavy (non-hydrogen) atoms. The Morgan fingerprint density at radius 2 is 1.65 bits per heavy atom. The Bertz CT molecular complexity index is 487. The molecule has 1 saturated heterocycles. The number of amides is 2. The van der Waals surface area contributed by atoms with Crippen LogP contribution in [0.1, 0.15) is 52.4 Å². The van der Waals surface area contributed by atoms with E-state index in [1.807, 2.05) is 25.8 Å². The van der Waals surface area contributed by atoms with Crippen molar-refractivity contribution in [3.05, 3.63) is 0 Å². The van der Waals surface area contributed by atoms with E-state index in [1.54, 1.807) is 0 Å². The van der Waals surface area contributed by atoms with E-state index < -0.39 is 0 Å². The molecular formula is C19H30N2O2. The summed E-state index contributed by atoms with van der Waals surface area (Å²) in [6.45, 7) is 4.69. The van der Waals surface area contributed by atoms with Crippen molar-refractivity contribution in [2.45, 2.75) is 64.5 Å². The zero-order chi connectivity index (χ0) is 16.3. The fourth-order valence-electron chi connectivity index (χ4n) is 6.36. The van der Waals surface area contributed by atoms with Crippen LogP contribution in [0.4, 0.5) is 0 Å². The van der Waals surface area contributed by atoms with Gasteiger partial charge in [-0.05, 0) is 69.6 Å². The Hall–Kier alpha value is -1.06. The maximum absolute atomic E-state index is 13.0. The van der Waals surface area contributed by atoms with Crippen LogP contribution in [-0.2, 0) is 9.59 Å². The third kappa shape index (κ3) is 2.49. The van der Waals surface area contributed by atoms with Crippen molar-refractivity contribution in [3.8, 4) is 0 Å². The minimum absolute atomic E-state index is 0.118. The van der Waals surface area contributed by atoms with E-state index in [1.165, 1.54) is 32.1 Å². The smallest absolute Gasteiger partial charge is 0.228 e. The summed E-state index contributed by atoms with van der Waals surface area (Å²) in [7, 11) is 2.01. The first-order valence-electron chi connectivity index (χ1n) is 9.50. The molecule has 0 N–H and O–H groups in total. The van der Waals surface area contributed by atoms with Crippen LogP contribution in [0, 0.1) is 29.6 Å². The normalized spacial score (nSPS) is 41.9. The van der Waals surface area contributed by atoms with Crippen molar-refractivity contribution >= 4 is 11.8 Å². The molecule has 1 atom stereocenters. The fourth-order valence-corrected chi connectivity index (χ4v) is 6.36. The molecule has 0 radical (unpaired) electrons. The van der Waals surface area contributed by atoms with Gasteiger partial charge in [0.2, 0.25) is 11.8 Å². The van der Waals surface area contributed by atoms with Gasteiger partial charge in [-0.15, -0.1) is 0 Å². The van der Waals surface area contributed by atoms with E-state index in [-0.39, 0.29) is 23.8 Å². The molecule has 0 aromatic carbocycles. The van der Waals surface area contributed by atoms with Gasteiger partial charge in [-0.3, -0.25) is 9.59 Å². The number of likely N-dealkylation sites (tertiary alicyclic amines) is 1. The number of rotatable bonds is 3. The lowest BCUT2D eigenvalue weighted by Gasteiger charge is -2.56. The fraction of sp³-hybridized carbons (Fsp3) is 0.895. The second-order valence-corrected chi connectivity index (χ2v) is 8.91. The van der Waals surface area contributed by atoms with Crippen LogP contribution in [0.25, 0.3) is 0 Å². The molecule has 4 aliphatic carbocycles. The third-order valence-corrected chi connectivity index (χ3v) is 7.10. The van der Waals surface area contributed by atoms with Gasteiger partial charge in [0, 0.05) is 32.1 Å². The summed E-state index contributed by atoms with van der Waals surface area (Å²) in [5, 5.41) is 0. The van der Waals surface area contributed by atoms with E-state index in [9.17, 15) is 9.59 Å². The molecule has 0 aromatic heterocycles. The second kappa shape index (κ2) is 5.49. The van der Waals surface area contributed by atoms with Gasteiger partial charge in [0.15, 0.2) is 0 Å². The predicted octanol–water partition coefficient (Wildman–Crippen LogP) is 2.53. The van der Waals surface area contributed by atoms with Crippen LogP contribution in [0.2, 0.25) is 0 Å². The summed E-state index contributed by atoms with van der Waals surface area (Å²) in [4.78, 5) is 29.1. The molecule has 4 saturated carbocycles. The summed E-state index contributed by atoms with van der Waals surface area (Å²) in [6.07, 6.45) is 7.18. The highest BCUT2D eigenvalue weighted by atomic mass is 16.2. The summed E-state index contributed by atoms with van der Waals surface area (Å²) >= 11 is 0. The molecular weight excluding hydrogens is 288 g/mol. The highest BCUT2D eigenvalue weighted by Crippen LogP contribution is 2.55. The van der Waals surface area contributed by atoms with Gasteiger partial charge < -0.3 is 9.80 Å². The molecule has 0 spiro atoms. The van der Waals surface area contributed by atoms with Crippen molar-refractivity contribution in [2.24, 2.45) is 29.6 Å². The topological polar surface area (TPSA) is 40.6 Å². The summed E-state index contributed by atoms with van der Waals surface area (Å²) in [5.41, 5.74) is 0. The SMILES string of the molecule is CC(C)N1C[C@H](C(=O)N(C)C2C3CC4CC(C3)CC2C4)CC1=O. The number of hydrogen-bond acceptors (Lipinski definition) is 2. The third-order valence-electron chi connectivity index (χ3n) is 7.10. The maximum atomic E-state index is 13.0. The quantitative estimate of drug-likeness (QED) is 0.802. The Kier molecular flexibility index (Phi) is 3.69. The zero-order valence-corrected chi connectivity index (χ0v) is 14.7. The molecule has 2 amide bonds. The van der Waals surface area contributed by atoms with Crippen LogP contribution in [0.5, 0.6) is 0 Å². The van der Waals surface area contributed by atoms with E-state index in [0.717, 1.165) is 23.7 Å². The summed E-state index contributed by atoms with van der Waals surface area (Å²) in [5.74, 6) is 3.56. The lowest BCUT2D eigenvalue weighted by molar-refractivity contribution is -0.145. The highest BCUT2D eigenvalue weighted by molar-refractivity contribution is 5.89. The average Bonchev–Trinajstić information content (AvgIpc) is 2.87. The Balaban J connectivity index is 1.46. The van der Waals surface area contributed by atoms with E-state index in [2.05, 4.69) is 4.90 Å². The van der Waals surface area contributed by atoms with Gasteiger partial charge in [0.1, 0.15) is 0 Å². The molecule has 128 valence electrons. The van der Waals surface area contributed by atoms with E-state index >= 15 is 0 Å². The van der Waals surface area contributed by atoms with Crippen LogP contribution in [-0.4, -0.2) is 47.3 Å². The molecule has 1 heterocycles. The van der Waals surface area contributed by atoms with E-state index in [0.29, 0.717) is 19.0 Å². The number of carbonyl (C=O) groups is 2. The van der Waals surface area contributed by atoms with Crippen molar-refractivity contribution < 1.29 is 9.59 Å². The predicted molar refractivity (Wildman–Crippen MR) is 88.6 cm³/mol. The first kappa shape index (κ1) is 15.5. The molecule has 0 aromatic rings. The molecule has 5 rings (SSSR count). The van der Waals surface area contributed by atoms with Crippen LogP contribution in [0.15, 0.2) is 0 Å². The summed E-state index contributed by atoms with van der Waals surface area (Å²) in [6, 6.07) is 0.644. The van der Waals surface area contributed by atoms with Gasteiger partial charge >= 0.3 is 0 Å². The van der Waals surface area contributed by atoms with Crippen molar-refractivity contribution in [1.29, 1.82) is 0 Å². The number of carbonyl (C=O) groups excluding carboxylic acids is 2. The van der Waals surface area contributed by atoms with Crippen LogP contribution >= 0.6 is 0 Å². The molecule has 5 fully saturated rings. The Morgan fingerprint density at radius 1 is 1.09 bits per heavy atom. The first-order chi connectivity index (χ1) is 10.9. The van der Waals surface area contributed by atoms with Crippen molar-refractivity contribution in [2.75, 3.05) is 13.6 Å². The van der Waals surface area contributed by atoms with Crippen LogP contribution < -0.4 is 0 Å². The van der Waals surface area contributed by atoms with Gasteiger partial charge in [0.05, 0.1) is 5.92 Å². The lowest BCUT2D eigenvalue weighted by atomic mass is 9.54. The molecule has 5 aliphatic rings. The van der Waals surface area contributed by atoms with Gasteiger partial charge in [-0.2, -0.15) is 0 Å². The largest absolute Gasteiger partial charge is 0.342 e. The number of nitrogens with zero attached hydrogens (tertiary/aromatic N) is 2. The highest BCUT2D eigenvalue weighted by Gasteiger charge is 2.51. The monoisotopic (exact) mass is 318 g/mol.